The third kappa shape index (κ3) is 4.35. The molecule has 1 unspecified atom stereocenters. The highest BCUT2D eigenvalue weighted by atomic mass is 32.2. The first-order chi connectivity index (χ1) is 17.4. The number of aliphatic hydroxyl groups is 1. The van der Waals surface area contributed by atoms with Gasteiger partial charge in [-0.05, 0) is 65.9 Å². The minimum Gasteiger partial charge on any atom is -0.380 e. The Hall–Kier alpha value is -3.36. The Morgan fingerprint density at radius 1 is 0.889 bits per heavy atom. The van der Waals surface area contributed by atoms with Crippen LogP contribution in [0.3, 0.4) is 0 Å². The summed E-state index contributed by atoms with van der Waals surface area (Å²) in [5, 5.41) is 13.6. The van der Waals surface area contributed by atoms with E-state index in [0.717, 1.165) is 27.3 Å². The van der Waals surface area contributed by atoms with Gasteiger partial charge in [-0.2, -0.15) is 0 Å². The number of piperazine rings is 1. The van der Waals surface area contributed by atoms with Gasteiger partial charge in [-0.3, -0.25) is 9.59 Å². The molecule has 1 atom stereocenters. The second kappa shape index (κ2) is 8.94. The van der Waals surface area contributed by atoms with E-state index in [0.29, 0.717) is 44.6 Å². The fourth-order valence-corrected chi connectivity index (χ4v) is 5.91. The number of nitrogens with zero attached hydrogens (tertiary/aromatic N) is 2. The van der Waals surface area contributed by atoms with E-state index in [1.54, 1.807) is 33.7 Å². The minimum absolute atomic E-state index is 0.0406. The minimum atomic E-state index is -1.16. The number of carbonyl (C=O) groups excluding carboxylic acids is 2. The lowest BCUT2D eigenvalue weighted by Crippen LogP contribution is -2.53. The number of amides is 2. The Morgan fingerprint density at radius 2 is 1.53 bits per heavy atom. The standard InChI is InChI=1S/C28H26FN3O3S/c29-22-8-5-19(6-9-22)25-30-23-10-7-21(17-24(23)36-25)18-1-3-20(4-2-18)26(33)31-13-15-32(16-14-31)27(34)28(35)11-12-28/h1-10,17,25,30,35H,11-16H2. The van der Waals surface area contributed by atoms with Crippen molar-refractivity contribution in [3.05, 3.63) is 83.7 Å². The lowest BCUT2D eigenvalue weighted by molar-refractivity contribution is -0.143. The molecule has 36 heavy (non-hydrogen) atoms. The van der Waals surface area contributed by atoms with Crippen molar-refractivity contribution in [1.82, 2.24) is 9.80 Å². The number of fused-ring (bicyclic) bond motifs is 1. The van der Waals surface area contributed by atoms with E-state index in [2.05, 4.69) is 23.5 Å². The molecule has 2 heterocycles. The molecule has 1 saturated heterocycles. The van der Waals surface area contributed by atoms with Crippen LogP contribution < -0.4 is 5.32 Å². The van der Waals surface area contributed by atoms with Crippen molar-refractivity contribution in [2.75, 3.05) is 31.5 Å². The average Bonchev–Trinajstić information content (AvgIpc) is 3.52. The van der Waals surface area contributed by atoms with Gasteiger partial charge in [0, 0.05) is 42.3 Å². The molecule has 3 aromatic carbocycles. The quantitative estimate of drug-likeness (QED) is 0.548. The van der Waals surface area contributed by atoms with Crippen molar-refractivity contribution in [3.63, 3.8) is 0 Å². The van der Waals surface area contributed by atoms with Crippen molar-refractivity contribution >= 4 is 29.3 Å². The van der Waals surface area contributed by atoms with Crippen LogP contribution in [-0.4, -0.2) is 58.5 Å². The SMILES string of the molecule is O=C(c1ccc(-c2ccc3c(c2)SC(c2ccc(F)cc2)N3)cc1)N1CCN(C(=O)C2(O)CC2)CC1. The number of anilines is 1. The molecule has 1 aliphatic carbocycles. The van der Waals surface area contributed by atoms with Crippen LogP contribution in [0, 0.1) is 5.82 Å². The third-order valence-electron chi connectivity index (χ3n) is 7.13. The molecular weight excluding hydrogens is 477 g/mol. The summed E-state index contributed by atoms with van der Waals surface area (Å²) in [6.45, 7) is 1.83. The number of benzene rings is 3. The topological polar surface area (TPSA) is 72.9 Å². The van der Waals surface area contributed by atoms with Crippen molar-refractivity contribution in [2.45, 2.75) is 28.7 Å². The summed E-state index contributed by atoms with van der Waals surface area (Å²) < 4.78 is 13.3. The molecule has 6 nitrogen and oxygen atoms in total. The van der Waals surface area contributed by atoms with E-state index in [9.17, 15) is 19.1 Å². The number of thioether (sulfide) groups is 1. The van der Waals surface area contributed by atoms with Gasteiger partial charge in [-0.25, -0.2) is 4.39 Å². The van der Waals surface area contributed by atoms with Gasteiger partial charge in [0.15, 0.2) is 0 Å². The summed E-state index contributed by atoms with van der Waals surface area (Å²) in [4.78, 5) is 29.9. The first-order valence-corrected chi connectivity index (χ1v) is 13.0. The summed E-state index contributed by atoms with van der Waals surface area (Å²) in [6.07, 6.45) is 1.07. The van der Waals surface area contributed by atoms with Gasteiger partial charge in [-0.15, -0.1) is 0 Å². The lowest BCUT2D eigenvalue weighted by Gasteiger charge is -2.35. The zero-order chi connectivity index (χ0) is 24.9. The Labute approximate surface area is 213 Å². The number of hydrogen-bond donors (Lipinski definition) is 2. The van der Waals surface area contributed by atoms with Crippen molar-refractivity contribution in [1.29, 1.82) is 0 Å². The number of rotatable bonds is 4. The fourth-order valence-electron chi connectivity index (χ4n) is 4.73. The van der Waals surface area contributed by atoms with E-state index < -0.39 is 5.60 Å². The molecule has 2 fully saturated rings. The number of carbonyl (C=O) groups is 2. The molecule has 6 rings (SSSR count). The van der Waals surface area contributed by atoms with E-state index in [4.69, 9.17) is 0 Å². The Balaban J connectivity index is 1.10. The number of nitrogens with one attached hydrogen (secondary N) is 1. The van der Waals surface area contributed by atoms with Gasteiger partial charge < -0.3 is 20.2 Å². The molecule has 0 aromatic heterocycles. The maximum absolute atomic E-state index is 13.3. The highest BCUT2D eigenvalue weighted by Gasteiger charge is 2.50. The first-order valence-electron chi connectivity index (χ1n) is 12.1. The van der Waals surface area contributed by atoms with Crippen molar-refractivity contribution in [2.24, 2.45) is 0 Å². The highest BCUT2D eigenvalue weighted by Crippen LogP contribution is 2.47. The molecule has 184 valence electrons. The molecule has 2 N–H and O–H groups in total. The maximum Gasteiger partial charge on any atom is 0.254 e. The Kier molecular flexibility index (Phi) is 5.73. The van der Waals surface area contributed by atoms with Gasteiger partial charge in [0.2, 0.25) is 0 Å². The summed E-state index contributed by atoms with van der Waals surface area (Å²) in [5.74, 6) is -0.491. The van der Waals surface area contributed by atoms with E-state index in [1.165, 1.54) is 12.1 Å². The average molecular weight is 504 g/mol. The Bertz CT molecular complexity index is 1320. The van der Waals surface area contributed by atoms with Gasteiger partial charge in [0.05, 0.1) is 0 Å². The van der Waals surface area contributed by atoms with Gasteiger partial charge >= 0.3 is 0 Å². The second-order valence-electron chi connectivity index (χ2n) is 9.60. The van der Waals surface area contributed by atoms with Crippen LogP contribution in [0.15, 0.2) is 71.6 Å². The molecule has 0 spiro atoms. The van der Waals surface area contributed by atoms with Crippen molar-refractivity contribution < 1.29 is 19.1 Å². The van der Waals surface area contributed by atoms with Gasteiger partial charge in [0.25, 0.3) is 11.8 Å². The molecule has 1 saturated carbocycles. The monoisotopic (exact) mass is 503 g/mol. The van der Waals surface area contributed by atoms with E-state index in [1.807, 2.05) is 24.3 Å². The maximum atomic E-state index is 13.3. The lowest BCUT2D eigenvalue weighted by atomic mass is 10.0. The summed E-state index contributed by atoms with van der Waals surface area (Å²) in [7, 11) is 0. The smallest absolute Gasteiger partial charge is 0.254 e. The summed E-state index contributed by atoms with van der Waals surface area (Å²) in [5.41, 5.74) is 3.62. The van der Waals surface area contributed by atoms with Crippen LogP contribution in [0.5, 0.6) is 0 Å². The molecule has 0 bridgehead atoms. The molecule has 3 aliphatic rings. The molecule has 0 radical (unpaired) electrons. The largest absolute Gasteiger partial charge is 0.380 e. The van der Waals surface area contributed by atoms with E-state index in [-0.39, 0.29) is 23.0 Å². The first kappa shape index (κ1) is 23.1. The zero-order valence-electron chi connectivity index (χ0n) is 19.6. The molecule has 8 heteroatoms. The molecule has 2 amide bonds. The highest BCUT2D eigenvalue weighted by molar-refractivity contribution is 8.00. The Morgan fingerprint density at radius 3 is 2.19 bits per heavy atom. The summed E-state index contributed by atoms with van der Waals surface area (Å²) in [6, 6.07) is 20.4. The fraction of sp³-hybridized carbons (Fsp3) is 0.286. The number of hydrogen-bond acceptors (Lipinski definition) is 5. The third-order valence-corrected chi connectivity index (χ3v) is 8.34. The predicted molar refractivity (Wildman–Crippen MR) is 137 cm³/mol. The van der Waals surface area contributed by atoms with Crippen LogP contribution in [0.2, 0.25) is 0 Å². The van der Waals surface area contributed by atoms with Crippen LogP contribution in [0.25, 0.3) is 11.1 Å². The van der Waals surface area contributed by atoms with E-state index >= 15 is 0 Å². The van der Waals surface area contributed by atoms with Gasteiger partial charge in [-0.1, -0.05) is 42.1 Å². The van der Waals surface area contributed by atoms with Crippen LogP contribution in [0.1, 0.15) is 34.1 Å². The zero-order valence-corrected chi connectivity index (χ0v) is 20.4. The predicted octanol–water partition coefficient (Wildman–Crippen LogP) is 4.52. The number of halogens is 1. The van der Waals surface area contributed by atoms with Crippen LogP contribution >= 0.6 is 11.8 Å². The second-order valence-corrected chi connectivity index (χ2v) is 10.7. The van der Waals surface area contributed by atoms with Gasteiger partial charge in [0.1, 0.15) is 16.8 Å². The molecule has 2 aliphatic heterocycles. The summed E-state index contributed by atoms with van der Waals surface area (Å²) >= 11 is 1.70. The molecular formula is C28H26FN3O3S. The normalized spacial score (nSPS) is 20.0. The molecule has 3 aromatic rings. The van der Waals surface area contributed by atoms with Crippen LogP contribution in [0.4, 0.5) is 10.1 Å². The van der Waals surface area contributed by atoms with Crippen LogP contribution in [-0.2, 0) is 4.79 Å². The van der Waals surface area contributed by atoms with Crippen molar-refractivity contribution in [3.8, 4) is 11.1 Å².